The van der Waals surface area contributed by atoms with Crippen molar-refractivity contribution in [1.82, 2.24) is 4.90 Å². The van der Waals surface area contributed by atoms with E-state index < -0.39 is 22.2 Å². The van der Waals surface area contributed by atoms with Gasteiger partial charge in [-0.3, -0.25) is 4.90 Å². The Balaban J connectivity index is 1.52. The highest BCUT2D eigenvalue weighted by atomic mass is 32.2. The molecule has 0 spiro atoms. The van der Waals surface area contributed by atoms with Crippen LogP contribution in [0, 0.1) is 5.82 Å². The average Bonchev–Trinajstić information content (AvgIpc) is 2.95. The normalized spacial score (nSPS) is 13.2. The number of nitrogens with zero attached hydrogens (tertiary/aromatic N) is 1. The molecular formula is C31H32FNO5S. The van der Waals surface area contributed by atoms with Crippen LogP contribution in [0.4, 0.5) is 4.39 Å². The second kappa shape index (κ2) is 12.9. The van der Waals surface area contributed by atoms with Gasteiger partial charge in [0, 0.05) is 13.1 Å². The molecule has 6 nitrogen and oxygen atoms in total. The van der Waals surface area contributed by atoms with Crippen molar-refractivity contribution in [3.63, 3.8) is 0 Å². The number of methoxy groups -OCH3 is 1. The second-order valence-electron chi connectivity index (χ2n) is 9.24. The summed E-state index contributed by atoms with van der Waals surface area (Å²) in [6, 6.07) is 28.7. The van der Waals surface area contributed by atoms with E-state index in [1.165, 1.54) is 37.4 Å². The SMILES string of the molecule is COc1cccc(S(=O)(=O)c2ccc(CCN(Cc3ccccc3)C(Oc3ccc(F)cc3)C(C)O)cc2)c1. The summed E-state index contributed by atoms with van der Waals surface area (Å²) in [4.78, 5) is 2.38. The maximum absolute atomic E-state index is 13.4. The van der Waals surface area contributed by atoms with Gasteiger partial charge in [0.2, 0.25) is 9.84 Å². The Bertz CT molecular complexity index is 1440. The minimum Gasteiger partial charge on any atom is -0.497 e. The van der Waals surface area contributed by atoms with Crippen LogP contribution in [0.3, 0.4) is 0 Å². The molecule has 0 aromatic heterocycles. The molecular weight excluding hydrogens is 517 g/mol. The van der Waals surface area contributed by atoms with Crippen molar-refractivity contribution < 1.29 is 27.4 Å². The van der Waals surface area contributed by atoms with Gasteiger partial charge in [-0.15, -0.1) is 0 Å². The van der Waals surface area contributed by atoms with Crippen LogP contribution in [-0.2, 0) is 22.8 Å². The number of hydrogen-bond donors (Lipinski definition) is 1. The molecule has 0 bridgehead atoms. The van der Waals surface area contributed by atoms with E-state index in [1.807, 2.05) is 35.2 Å². The first-order chi connectivity index (χ1) is 18.8. The van der Waals surface area contributed by atoms with E-state index in [1.54, 1.807) is 49.4 Å². The monoisotopic (exact) mass is 549 g/mol. The van der Waals surface area contributed by atoms with Crippen molar-refractivity contribution in [2.45, 2.75) is 42.0 Å². The van der Waals surface area contributed by atoms with Crippen LogP contribution in [0.1, 0.15) is 18.1 Å². The minimum atomic E-state index is -3.69. The summed E-state index contributed by atoms with van der Waals surface area (Å²) in [5.74, 6) is 0.558. The fraction of sp³-hybridized carbons (Fsp3) is 0.226. The van der Waals surface area contributed by atoms with E-state index >= 15 is 0 Å². The summed E-state index contributed by atoms with van der Waals surface area (Å²) in [5.41, 5.74) is 1.98. The van der Waals surface area contributed by atoms with Crippen molar-refractivity contribution in [2.75, 3.05) is 13.7 Å². The van der Waals surface area contributed by atoms with Gasteiger partial charge in [0.1, 0.15) is 23.4 Å². The molecule has 4 rings (SSSR count). The highest BCUT2D eigenvalue weighted by Crippen LogP contribution is 2.25. The number of aliphatic hydroxyl groups is 1. The minimum absolute atomic E-state index is 0.168. The number of ether oxygens (including phenoxy) is 2. The summed E-state index contributed by atoms with van der Waals surface area (Å²) < 4.78 is 50.9. The van der Waals surface area contributed by atoms with E-state index in [0.717, 1.165) is 11.1 Å². The van der Waals surface area contributed by atoms with Crippen LogP contribution in [0.25, 0.3) is 0 Å². The second-order valence-corrected chi connectivity index (χ2v) is 11.2. The molecule has 0 radical (unpaired) electrons. The largest absolute Gasteiger partial charge is 0.497 e. The van der Waals surface area contributed by atoms with Crippen molar-refractivity contribution >= 4 is 9.84 Å². The Kier molecular flexibility index (Phi) is 9.35. The Morgan fingerprint density at radius 3 is 2.15 bits per heavy atom. The predicted octanol–water partition coefficient (Wildman–Crippen LogP) is 5.50. The molecule has 0 aliphatic heterocycles. The third-order valence-corrected chi connectivity index (χ3v) is 8.11. The molecule has 8 heteroatoms. The van der Waals surface area contributed by atoms with Gasteiger partial charge in [-0.2, -0.15) is 0 Å². The number of hydrogen-bond acceptors (Lipinski definition) is 6. The Morgan fingerprint density at radius 1 is 0.821 bits per heavy atom. The van der Waals surface area contributed by atoms with Gasteiger partial charge in [0.05, 0.1) is 16.9 Å². The highest BCUT2D eigenvalue weighted by molar-refractivity contribution is 7.91. The molecule has 4 aromatic carbocycles. The lowest BCUT2D eigenvalue weighted by Crippen LogP contribution is -2.47. The Hall–Kier alpha value is -3.72. The summed E-state index contributed by atoms with van der Waals surface area (Å²) >= 11 is 0. The zero-order valence-electron chi connectivity index (χ0n) is 21.9. The molecule has 0 amide bonds. The van der Waals surface area contributed by atoms with E-state index in [0.29, 0.717) is 31.0 Å². The average molecular weight is 550 g/mol. The molecule has 2 unspecified atom stereocenters. The molecule has 204 valence electrons. The first kappa shape index (κ1) is 28.3. The van der Waals surface area contributed by atoms with Crippen molar-refractivity contribution in [3.8, 4) is 11.5 Å². The zero-order chi connectivity index (χ0) is 27.8. The highest BCUT2D eigenvalue weighted by Gasteiger charge is 2.26. The molecule has 0 saturated heterocycles. The molecule has 0 fully saturated rings. The smallest absolute Gasteiger partial charge is 0.206 e. The van der Waals surface area contributed by atoms with Gasteiger partial charge in [0.15, 0.2) is 6.23 Å². The fourth-order valence-electron chi connectivity index (χ4n) is 4.26. The molecule has 2 atom stereocenters. The number of benzene rings is 4. The van der Waals surface area contributed by atoms with E-state index in [9.17, 15) is 17.9 Å². The lowest BCUT2D eigenvalue weighted by atomic mass is 10.1. The molecule has 0 aliphatic rings. The number of halogens is 1. The standard InChI is InChI=1S/C31H32FNO5S/c1-23(34)31(38-27-15-13-26(32)14-16-27)33(22-25-7-4-3-5-8-25)20-19-24-11-17-29(18-12-24)39(35,36)30-10-6-9-28(21-30)37-2/h3-18,21,23,31,34H,19-20,22H2,1-2H3. The summed E-state index contributed by atoms with van der Waals surface area (Å²) in [7, 11) is -2.20. The van der Waals surface area contributed by atoms with Gasteiger partial charge in [-0.05, 0) is 79.1 Å². The van der Waals surface area contributed by atoms with Crippen molar-refractivity contribution in [3.05, 3.63) is 120 Å². The van der Waals surface area contributed by atoms with E-state index in [4.69, 9.17) is 9.47 Å². The van der Waals surface area contributed by atoms with E-state index in [2.05, 4.69) is 0 Å². The van der Waals surface area contributed by atoms with Crippen molar-refractivity contribution in [1.29, 1.82) is 0 Å². The van der Waals surface area contributed by atoms with Crippen LogP contribution in [0.2, 0.25) is 0 Å². The summed E-state index contributed by atoms with van der Waals surface area (Å²) in [6.07, 6.45) is -0.944. The molecule has 0 aliphatic carbocycles. The van der Waals surface area contributed by atoms with Crippen LogP contribution in [0.15, 0.2) is 113 Å². The van der Waals surface area contributed by atoms with Gasteiger partial charge in [-0.1, -0.05) is 48.5 Å². The fourth-order valence-corrected chi connectivity index (χ4v) is 5.55. The predicted molar refractivity (Wildman–Crippen MR) is 148 cm³/mol. The van der Waals surface area contributed by atoms with Gasteiger partial charge < -0.3 is 14.6 Å². The topological polar surface area (TPSA) is 76.1 Å². The molecule has 0 heterocycles. The zero-order valence-corrected chi connectivity index (χ0v) is 22.7. The van der Waals surface area contributed by atoms with Crippen LogP contribution in [0.5, 0.6) is 11.5 Å². The number of sulfone groups is 1. The summed E-state index contributed by atoms with van der Waals surface area (Å²) in [6.45, 7) is 2.69. The Labute approximate surface area is 229 Å². The third-order valence-electron chi connectivity index (χ3n) is 6.34. The molecule has 4 aromatic rings. The van der Waals surface area contributed by atoms with Gasteiger partial charge >= 0.3 is 0 Å². The molecule has 39 heavy (non-hydrogen) atoms. The maximum atomic E-state index is 13.4. The molecule has 1 N–H and O–H groups in total. The van der Waals surface area contributed by atoms with Crippen LogP contribution < -0.4 is 9.47 Å². The third kappa shape index (κ3) is 7.44. The van der Waals surface area contributed by atoms with E-state index in [-0.39, 0.29) is 15.6 Å². The molecule has 0 saturated carbocycles. The number of rotatable bonds is 12. The lowest BCUT2D eigenvalue weighted by Gasteiger charge is -2.34. The Morgan fingerprint density at radius 2 is 1.51 bits per heavy atom. The number of aliphatic hydroxyl groups excluding tert-OH is 1. The van der Waals surface area contributed by atoms with Gasteiger partial charge in [0.25, 0.3) is 0 Å². The van der Waals surface area contributed by atoms with Gasteiger partial charge in [-0.25, -0.2) is 12.8 Å². The van der Waals surface area contributed by atoms with Crippen LogP contribution >= 0.6 is 0 Å². The van der Waals surface area contributed by atoms with Crippen molar-refractivity contribution in [2.24, 2.45) is 0 Å². The first-order valence-corrected chi connectivity index (χ1v) is 14.1. The lowest BCUT2D eigenvalue weighted by molar-refractivity contribution is -0.0622. The quantitative estimate of drug-likeness (QED) is 0.235. The van der Waals surface area contributed by atoms with Crippen LogP contribution in [-0.4, -0.2) is 44.4 Å². The first-order valence-electron chi connectivity index (χ1n) is 12.6. The maximum Gasteiger partial charge on any atom is 0.206 e. The summed E-state index contributed by atoms with van der Waals surface area (Å²) in [5, 5.41) is 10.6.